The van der Waals surface area contributed by atoms with Gasteiger partial charge in [-0.1, -0.05) is 18.2 Å². The second-order valence-electron chi connectivity index (χ2n) is 6.61. The van der Waals surface area contributed by atoms with Gasteiger partial charge in [0.1, 0.15) is 0 Å². The first kappa shape index (κ1) is 18.3. The number of amides is 1. The fourth-order valence-electron chi connectivity index (χ4n) is 3.08. The molecule has 0 saturated carbocycles. The number of anilines is 2. The second-order valence-corrected chi connectivity index (χ2v) is 6.61. The smallest absolute Gasteiger partial charge is 0.248 e. The van der Waals surface area contributed by atoms with Crippen molar-refractivity contribution in [1.82, 2.24) is 4.90 Å². The zero-order valence-electron chi connectivity index (χ0n) is 15.0. The van der Waals surface area contributed by atoms with Crippen molar-refractivity contribution in [2.75, 3.05) is 43.9 Å². The van der Waals surface area contributed by atoms with Gasteiger partial charge in [-0.25, -0.2) is 0 Å². The lowest BCUT2D eigenvalue weighted by atomic mass is 9.96. The number of piperidine rings is 1. The highest BCUT2D eigenvalue weighted by molar-refractivity contribution is 5.99. The van der Waals surface area contributed by atoms with Gasteiger partial charge in [-0.2, -0.15) is 0 Å². The quantitative estimate of drug-likeness (QED) is 0.641. The zero-order chi connectivity index (χ0) is 17.4. The summed E-state index contributed by atoms with van der Waals surface area (Å²) in [4.78, 5) is 16.5. The van der Waals surface area contributed by atoms with E-state index in [0.717, 1.165) is 24.7 Å². The Morgan fingerprint density at radius 2 is 1.88 bits per heavy atom. The third-order valence-corrected chi connectivity index (χ3v) is 4.29. The molecule has 0 unspecified atom stereocenters. The molecule has 0 aliphatic carbocycles. The van der Waals surface area contributed by atoms with Gasteiger partial charge >= 0.3 is 0 Å². The van der Waals surface area contributed by atoms with E-state index in [1.807, 2.05) is 31.2 Å². The van der Waals surface area contributed by atoms with E-state index in [4.69, 9.17) is 0 Å². The summed E-state index contributed by atoms with van der Waals surface area (Å²) >= 11 is 0. The predicted octanol–water partition coefficient (Wildman–Crippen LogP) is 3.54. The first-order chi connectivity index (χ1) is 11.6. The van der Waals surface area contributed by atoms with E-state index in [2.05, 4.69) is 41.3 Å². The number of nitrogens with one attached hydrogen (secondary N) is 1. The summed E-state index contributed by atoms with van der Waals surface area (Å²) < 4.78 is 0. The molecule has 1 aliphatic rings. The van der Waals surface area contributed by atoms with Gasteiger partial charge in [0.05, 0.1) is 0 Å². The highest BCUT2D eigenvalue weighted by Gasteiger charge is 2.19. The number of allylic oxidation sites excluding steroid dienone is 3. The van der Waals surface area contributed by atoms with Crippen LogP contribution in [0.15, 0.2) is 48.6 Å². The minimum absolute atomic E-state index is 0.106. The van der Waals surface area contributed by atoms with E-state index in [9.17, 15) is 4.79 Å². The maximum atomic E-state index is 11.8. The molecule has 1 amide bonds. The van der Waals surface area contributed by atoms with Crippen molar-refractivity contribution in [2.24, 2.45) is 5.92 Å². The van der Waals surface area contributed by atoms with Crippen LogP contribution in [0.5, 0.6) is 0 Å². The highest BCUT2D eigenvalue weighted by Crippen LogP contribution is 2.24. The summed E-state index contributed by atoms with van der Waals surface area (Å²) in [6.07, 6.45) is 9.48. The lowest BCUT2D eigenvalue weighted by Crippen LogP contribution is -2.37. The molecule has 130 valence electrons. The fraction of sp³-hybridized carbons (Fsp3) is 0.450. The average molecular weight is 327 g/mol. The lowest BCUT2D eigenvalue weighted by molar-refractivity contribution is -0.111. The van der Waals surface area contributed by atoms with Crippen LogP contribution in [0.4, 0.5) is 11.4 Å². The number of benzene rings is 1. The van der Waals surface area contributed by atoms with Gasteiger partial charge in [-0.15, -0.1) is 0 Å². The first-order valence-corrected chi connectivity index (χ1v) is 8.68. The number of rotatable bonds is 6. The molecule has 4 nitrogen and oxygen atoms in total. The molecule has 1 aromatic carbocycles. The van der Waals surface area contributed by atoms with Crippen LogP contribution < -0.4 is 10.2 Å². The fourth-order valence-corrected chi connectivity index (χ4v) is 3.08. The molecule has 0 atom stereocenters. The topological polar surface area (TPSA) is 35.6 Å². The van der Waals surface area contributed by atoms with Gasteiger partial charge in [0.2, 0.25) is 5.91 Å². The summed E-state index contributed by atoms with van der Waals surface area (Å²) in [5, 5.41) is 2.88. The number of carbonyl (C=O) groups is 1. The minimum Gasteiger partial charge on any atom is -0.372 e. The molecular formula is C20H29N3O. The summed E-state index contributed by atoms with van der Waals surface area (Å²) in [7, 11) is 4.29. The van der Waals surface area contributed by atoms with E-state index < -0.39 is 0 Å². The van der Waals surface area contributed by atoms with E-state index in [0.29, 0.717) is 0 Å². The molecule has 1 N–H and O–H groups in total. The van der Waals surface area contributed by atoms with E-state index >= 15 is 0 Å². The Hall–Kier alpha value is -2.07. The van der Waals surface area contributed by atoms with Gasteiger partial charge in [0.25, 0.3) is 0 Å². The van der Waals surface area contributed by atoms with Crippen LogP contribution in [0.2, 0.25) is 0 Å². The van der Waals surface area contributed by atoms with E-state index in [1.54, 1.807) is 6.08 Å². The largest absolute Gasteiger partial charge is 0.372 e. The van der Waals surface area contributed by atoms with Gasteiger partial charge in [-0.05, 0) is 64.0 Å². The molecule has 1 heterocycles. The van der Waals surface area contributed by atoms with Crippen LogP contribution in [0.1, 0.15) is 19.8 Å². The monoisotopic (exact) mass is 327 g/mol. The number of hydrogen-bond acceptors (Lipinski definition) is 3. The van der Waals surface area contributed by atoms with Crippen LogP contribution in [-0.2, 0) is 4.79 Å². The first-order valence-electron chi connectivity index (χ1n) is 8.68. The van der Waals surface area contributed by atoms with Crippen LogP contribution >= 0.6 is 0 Å². The van der Waals surface area contributed by atoms with Crippen molar-refractivity contribution in [3.63, 3.8) is 0 Å². The molecule has 1 aromatic rings. The SMILES string of the molecule is C/C=C/C=C/C(=O)Nc1ccc(N2CCC(CN(C)C)CC2)cc1. The number of hydrogen-bond donors (Lipinski definition) is 1. The normalized spacial score (nSPS) is 16.4. The third-order valence-electron chi connectivity index (χ3n) is 4.29. The Bertz CT molecular complexity index is 567. The minimum atomic E-state index is -0.106. The Balaban J connectivity index is 1.85. The summed E-state index contributed by atoms with van der Waals surface area (Å²) in [5.74, 6) is 0.698. The van der Waals surface area contributed by atoms with Gasteiger partial charge in [0.15, 0.2) is 0 Å². The Labute approximate surface area is 145 Å². The zero-order valence-corrected chi connectivity index (χ0v) is 15.0. The summed E-state index contributed by atoms with van der Waals surface area (Å²) in [5.41, 5.74) is 2.07. The summed E-state index contributed by atoms with van der Waals surface area (Å²) in [6.45, 7) is 5.32. The maximum absolute atomic E-state index is 11.8. The van der Waals surface area contributed by atoms with Crippen molar-refractivity contribution < 1.29 is 4.79 Å². The number of carbonyl (C=O) groups excluding carboxylic acids is 1. The van der Waals surface area contributed by atoms with Gasteiger partial charge in [0, 0.05) is 37.1 Å². The molecule has 24 heavy (non-hydrogen) atoms. The van der Waals surface area contributed by atoms with Gasteiger partial charge < -0.3 is 15.1 Å². The molecule has 1 fully saturated rings. The summed E-state index contributed by atoms with van der Waals surface area (Å²) in [6, 6.07) is 8.14. The second kappa shape index (κ2) is 9.28. The maximum Gasteiger partial charge on any atom is 0.248 e. The highest BCUT2D eigenvalue weighted by atomic mass is 16.1. The third kappa shape index (κ3) is 5.85. The Morgan fingerprint density at radius 1 is 1.21 bits per heavy atom. The Morgan fingerprint density at radius 3 is 2.46 bits per heavy atom. The van der Waals surface area contributed by atoms with Crippen LogP contribution in [0, 0.1) is 5.92 Å². The molecule has 0 radical (unpaired) electrons. The molecule has 1 saturated heterocycles. The van der Waals surface area contributed by atoms with Crippen LogP contribution in [0.3, 0.4) is 0 Å². The van der Waals surface area contributed by atoms with Gasteiger partial charge in [-0.3, -0.25) is 4.79 Å². The van der Waals surface area contributed by atoms with E-state index in [-0.39, 0.29) is 5.91 Å². The molecular weight excluding hydrogens is 298 g/mol. The van der Waals surface area contributed by atoms with Crippen molar-refractivity contribution in [3.8, 4) is 0 Å². The van der Waals surface area contributed by atoms with Crippen molar-refractivity contribution in [1.29, 1.82) is 0 Å². The molecule has 0 bridgehead atoms. The van der Waals surface area contributed by atoms with E-state index in [1.165, 1.54) is 31.1 Å². The van der Waals surface area contributed by atoms with Crippen LogP contribution in [0.25, 0.3) is 0 Å². The molecule has 0 aromatic heterocycles. The molecule has 4 heteroatoms. The molecule has 0 spiro atoms. The molecule has 2 rings (SSSR count). The van der Waals surface area contributed by atoms with Crippen molar-refractivity contribution in [2.45, 2.75) is 19.8 Å². The standard InChI is InChI=1S/C20H29N3O/c1-4-5-6-7-20(24)21-18-8-10-19(11-9-18)23-14-12-17(13-15-23)16-22(2)3/h4-11,17H,12-16H2,1-3H3,(H,21,24)/b5-4+,7-6+. The van der Waals surface area contributed by atoms with Crippen molar-refractivity contribution in [3.05, 3.63) is 48.6 Å². The average Bonchev–Trinajstić information content (AvgIpc) is 2.56. The molecule has 1 aliphatic heterocycles. The number of nitrogens with zero attached hydrogens (tertiary/aromatic N) is 2. The Kier molecular flexibility index (Phi) is 7.07. The lowest BCUT2D eigenvalue weighted by Gasteiger charge is -2.34. The van der Waals surface area contributed by atoms with Crippen LogP contribution in [-0.4, -0.2) is 44.5 Å². The predicted molar refractivity (Wildman–Crippen MR) is 103 cm³/mol. The van der Waals surface area contributed by atoms with Crippen molar-refractivity contribution >= 4 is 17.3 Å².